The lowest BCUT2D eigenvalue weighted by Gasteiger charge is -2.04. The van der Waals surface area contributed by atoms with Gasteiger partial charge in [-0.1, -0.05) is 58.8 Å². The molecule has 3 nitrogen and oxygen atoms in total. The highest BCUT2D eigenvalue weighted by Crippen LogP contribution is 2.29. The summed E-state index contributed by atoms with van der Waals surface area (Å²) in [5.74, 6) is 1.01. The summed E-state index contributed by atoms with van der Waals surface area (Å²) in [7, 11) is 0. The highest BCUT2D eigenvalue weighted by molar-refractivity contribution is 6.02. The molecule has 2 rings (SSSR count). The first-order valence-corrected chi connectivity index (χ1v) is 9.94. The van der Waals surface area contributed by atoms with E-state index in [4.69, 9.17) is 4.42 Å². The molecule has 0 saturated carbocycles. The molecule has 1 heterocycles. The third-order valence-corrected chi connectivity index (χ3v) is 4.77. The SMILES string of the molecule is CCCCCCCC(=O)c1cc2cc(CCCCCC)oc2cc1O. The molecule has 0 saturated heterocycles. The van der Waals surface area contributed by atoms with Crippen LogP contribution in [0, 0.1) is 0 Å². The Hall–Kier alpha value is -1.77. The molecule has 0 radical (unpaired) electrons. The summed E-state index contributed by atoms with van der Waals surface area (Å²) in [6.45, 7) is 4.38. The second kappa shape index (κ2) is 10.3. The zero-order valence-corrected chi connectivity index (χ0v) is 15.8. The van der Waals surface area contributed by atoms with Crippen LogP contribution < -0.4 is 0 Å². The molecular formula is C22H32O3. The van der Waals surface area contributed by atoms with Crippen molar-refractivity contribution in [1.82, 2.24) is 0 Å². The Kier molecular flexibility index (Phi) is 8.03. The van der Waals surface area contributed by atoms with Crippen molar-refractivity contribution in [2.75, 3.05) is 0 Å². The number of aryl methyl sites for hydroxylation is 1. The Morgan fingerprint density at radius 2 is 1.60 bits per heavy atom. The molecule has 0 aliphatic rings. The van der Waals surface area contributed by atoms with E-state index in [1.807, 2.05) is 6.07 Å². The van der Waals surface area contributed by atoms with E-state index in [2.05, 4.69) is 13.8 Å². The number of unbranched alkanes of at least 4 members (excludes halogenated alkanes) is 7. The summed E-state index contributed by atoms with van der Waals surface area (Å²) in [5, 5.41) is 11.1. The van der Waals surface area contributed by atoms with Gasteiger partial charge in [0, 0.05) is 24.3 Å². The number of carbonyl (C=O) groups excluding carboxylic acids is 1. The van der Waals surface area contributed by atoms with E-state index in [1.54, 1.807) is 12.1 Å². The monoisotopic (exact) mass is 344 g/mol. The lowest BCUT2D eigenvalue weighted by Crippen LogP contribution is -1.99. The van der Waals surface area contributed by atoms with E-state index in [-0.39, 0.29) is 11.5 Å². The van der Waals surface area contributed by atoms with Gasteiger partial charge in [-0.15, -0.1) is 0 Å². The van der Waals surface area contributed by atoms with Crippen LogP contribution in [0.3, 0.4) is 0 Å². The van der Waals surface area contributed by atoms with Gasteiger partial charge in [0.1, 0.15) is 17.1 Å². The molecule has 0 unspecified atom stereocenters. The molecule has 0 atom stereocenters. The maximum Gasteiger partial charge on any atom is 0.166 e. The molecule has 2 aromatic rings. The van der Waals surface area contributed by atoms with E-state index >= 15 is 0 Å². The molecule has 25 heavy (non-hydrogen) atoms. The van der Waals surface area contributed by atoms with Crippen molar-refractivity contribution in [1.29, 1.82) is 0 Å². The average molecular weight is 344 g/mol. The van der Waals surface area contributed by atoms with E-state index in [9.17, 15) is 9.90 Å². The van der Waals surface area contributed by atoms with Crippen LogP contribution in [0.15, 0.2) is 22.6 Å². The number of Topliss-reactive ketones (excluding diaryl/α,β-unsaturated/α-hetero) is 1. The smallest absolute Gasteiger partial charge is 0.166 e. The van der Waals surface area contributed by atoms with Crippen LogP contribution in [-0.2, 0) is 6.42 Å². The van der Waals surface area contributed by atoms with Gasteiger partial charge in [0.25, 0.3) is 0 Å². The fourth-order valence-electron chi connectivity index (χ4n) is 3.23. The third kappa shape index (κ3) is 5.91. The van der Waals surface area contributed by atoms with Crippen LogP contribution >= 0.6 is 0 Å². The summed E-state index contributed by atoms with van der Waals surface area (Å²) < 4.78 is 5.82. The van der Waals surface area contributed by atoms with Gasteiger partial charge in [-0.25, -0.2) is 0 Å². The van der Waals surface area contributed by atoms with Gasteiger partial charge >= 0.3 is 0 Å². The van der Waals surface area contributed by atoms with Crippen molar-refractivity contribution in [3.05, 3.63) is 29.5 Å². The molecular weight excluding hydrogens is 312 g/mol. The topological polar surface area (TPSA) is 50.4 Å². The molecule has 0 amide bonds. The molecule has 0 fully saturated rings. The van der Waals surface area contributed by atoms with Gasteiger partial charge < -0.3 is 9.52 Å². The molecule has 1 aromatic carbocycles. The Balaban J connectivity index is 1.98. The summed E-state index contributed by atoms with van der Waals surface area (Å²) in [6, 6.07) is 5.39. The Morgan fingerprint density at radius 1 is 0.920 bits per heavy atom. The zero-order valence-electron chi connectivity index (χ0n) is 15.8. The molecule has 1 aromatic heterocycles. The van der Waals surface area contributed by atoms with Crippen molar-refractivity contribution < 1.29 is 14.3 Å². The molecule has 0 bridgehead atoms. The third-order valence-electron chi connectivity index (χ3n) is 4.77. The number of aromatic hydroxyl groups is 1. The molecule has 3 heteroatoms. The van der Waals surface area contributed by atoms with E-state index < -0.39 is 0 Å². The van der Waals surface area contributed by atoms with Gasteiger partial charge in [-0.2, -0.15) is 0 Å². The van der Waals surface area contributed by atoms with Crippen molar-refractivity contribution in [2.45, 2.75) is 84.5 Å². The Bertz CT molecular complexity index is 669. The predicted molar refractivity (Wildman–Crippen MR) is 103 cm³/mol. The minimum atomic E-state index is 0.0293. The van der Waals surface area contributed by atoms with Crippen LogP contribution in [0.2, 0.25) is 0 Å². The van der Waals surface area contributed by atoms with E-state index in [1.165, 1.54) is 38.5 Å². The number of phenols is 1. The van der Waals surface area contributed by atoms with Gasteiger partial charge in [-0.05, 0) is 25.0 Å². The van der Waals surface area contributed by atoms with E-state index in [0.29, 0.717) is 17.6 Å². The van der Waals surface area contributed by atoms with Gasteiger partial charge in [0.05, 0.1) is 5.56 Å². The number of carbonyl (C=O) groups is 1. The predicted octanol–water partition coefficient (Wildman–Crippen LogP) is 6.80. The standard InChI is InChI=1S/C22H32O3/c1-3-5-7-9-11-13-20(23)19-15-17-14-18(12-10-8-6-4-2)25-22(17)16-21(19)24/h14-16,24H,3-13H2,1-2H3. The molecule has 0 spiro atoms. The molecule has 0 aliphatic carbocycles. The van der Waals surface area contributed by atoms with Crippen LogP contribution in [0.25, 0.3) is 11.0 Å². The second-order valence-corrected chi connectivity index (χ2v) is 7.02. The molecule has 1 N–H and O–H groups in total. The van der Waals surface area contributed by atoms with Crippen molar-refractivity contribution in [2.24, 2.45) is 0 Å². The number of ketones is 1. The van der Waals surface area contributed by atoms with Crippen molar-refractivity contribution >= 4 is 16.8 Å². The highest BCUT2D eigenvalue weighted by Gasteiger charge is 2.14. The summed E-state index contributed by atoms with van der Waals surface area (Å²) >= 11 is 0. The zero-order chi connectivity index (χ0) is 18.1. The minimum absolute atomic E-state index is 0.0293. The normalized spacial score (nSPS) is 11.3. The number of furan rings is 1. The second-order valence-electron chi connectivity index (χ2n) is 7.02. The van der Waals surface area contributed by atoms with Crippen molar-refractivity contribution in [3.63, 3.8) is 0 Å². The fourth-order valence-corrected chi connectivity index (χ4v) is 3.23. The molecule has 138 valence electrons. The largest absolute Gasteiger partial charge is 0.507 e. The van der Waals surface area contributed by atoms with Crippen LogP contribution in [-0.4, -0.2) is 10.9 Å². The van der Waals surface area contributed by atoms with Gasteiger partial charge in [-0.3, -0.25) is 4.79 Å². The Morgan fingerprint density at radius 3 is 2.32 bits per heavy atom. The van der Waals surface area contributed by atoms with Crippen LogP contribution in [0.1, 0.15) is 94.2 Å². The first-order valence-electron chi connectivity index (χ1n) is 9.94. The summed E-state index contributed by atoms with van der Waals surface area (Å²) in [5.41, 5.74) is 1.10. The number of hydrogen-bond donors (Lipinski definition) is 1. The van der Waals surface area contributed by atoms with Crippen LogP contribution in [0.5, 0.6) is 5.75 Å². The Labute approximate surface area is 151 Å². The summed E-state index contributed by atoms with van der Waals surface area (Å²) in [6.07, 6.45) is 11.8. The quantitative estimate of drug-likeness (QED) is 0.340. The lowest BCUT2D eigenvalue weighted by atomic mass is 10.0. The number of phenolic OH excluding ortho intramolecular Hbond substituents is 1. The minimum Gasteiger partial charge on any atom is -0.507 e. The molecule has 0 aliphatic heterocycles. The number of benzene rings is 1. The number of fused-ring (bicyclic) bond motifs is 1. The lowest BCUT2D eigenvalue weighted by molar-refractivity contribution is 0.0976. The summed E-state index contributed by atoms with van der Waals surface area (Å²) in [4.78, 5) is 12.4. The van der Waals surface area contributed by atoms with Gasteiger partial charge in [0.2, 0.25) is 0 Å². The first kappa shape index (κ1) is 19.6. The maximum atomic E-state index is 12.4. The number of rotatable bonds is 12. The number of hydrogen-bond acceptors (Lipinski definition) is 3. The maximum absolute atomic E-state index is 12.4. The average Bonchev–Trinajstić information content (AvgIpc) is 2.99. The van der Waals surface area contributed by atoms with Gasteiger partial charge in [0.15, 0.2) is 5.78 Å². The highest BCUT2D eigenvalue weighted by atomic mass is 16.3. The first-order chi connectivity index (χ1) is 12.2. The fraction of sp³-hybridized carbons (Fsp3) is 0.591. The van der Waals surface area contributed by atoms with Crippen LogP contribution in [0.4, 0.5) is 0 Å². The van der Waals surface area contributed by atoms with Crippen molar-refractivity contribution in [3.8, 4) is 5.75 Å². The van der Waals surface area contributed by atoms with E-state index in [0.717, 1.165) is 36.8 Å².